The summed E-state index contributed by atoms with van der Waals surface area (Å²) < 4.78 is 7.25. The summed E-state index contributed by atoms with van der Waals surface area (Å²) >= 11 is 0. The van der Waals surface area contributed by atoms with Gasteiger partial charge in [-0.2, -0.15) is 0 Å². The average Bonchev–Trinajstić information content (AvgIpc) is 3.80. The number of urea groups is 1. The van der Waals surface area contributed by atoms with Crippen molar-refractivity contribution in [2.75, 3.05) is 49.5 Å². The first-order valence-electron chi connectivity index (χ1n) is 19.2. The number of benzene rings is 2. The minimum Gasteiger partial charge on any atom is -0.387 e. The van der Waals surface area contributed by atoms with Crippen molar-refractivity contribution in [3.05, 3.63) is 108 Å². The van der Waals surface area contributed by atoms with Gasteiger partial charge >= 0.3 is 6.03 Å². The quantitative estimate of drug-likeness (QED) is 0.0805. The number of nitrogens with zero attached hydrogens (tertiary/aromatic N) is 6. The molecule has 3 aromatic heterocycles. The van der Waals surface area contributed by atoms with Crippen LogP contribution in [0.1, 0.15) is 53.7 Å². The van der Waals surface area contributed by atoms with Crippen molar-refractivity contribution in [2.45, 2.75) is 56.3 Å². The molecule has 4 atom stereocenters. The maximum absolute atomic E-state index is 13.6. The van der Waals surface area contributed by atoms with E-state index in [1.54, 1.807) is 13.1 Å². The van der Waals surface area contributed by atoms with Crippen LogP contribution in [0.4, 0.5) is 16.4 Å². The number of likely N-dealkylation sites (N-methyl/N-ethyl adjacent to an activating group) is 1. The fraction of sp³-hybridized carbons (Fsp3) is 0.375. The first-order valence-corrected chi connectivity index (χ1v) is 19.2. The summed E-state index contributed by atoms with van der Waals surface area (Å²) in [7, 11) is 0. The Balaban J connectivity index is 1.05. The molecule has 0 unspecified atom stereocenters. The van der Waals surface area contributed by atoms with Gasteiger partial charge in [0.05, 0.1) is 6.33 Å². The fourth-order valence-electron chi connectivity index (χ4n) is 7.17. The average molecular weight is 778 g/mol. The number of imidazole rings is 1. The first kappa shape index (κ1) is 39.1. The van der Waals surface area contributed by atoms with Crippen molar-refractivity contribution in [1.82, 2.24) is 45.8 Å². The smallest absolute Gasteiger partial charge is 0.315 e. The van der Waals surface area contributed by atoms with Gasteiger partial charge in [0.2, 0.25) is 5.82 Å². The topological polar surface area (TPSA) is 221 Å². The van der Waals surface area contributed by atoms with Crippen LogP contribution in [-0.2, 0) is 9.53 Å². The van der Waals surface area contributed by atoms with E-state index in [4.69, 9.17) is 4.74 Å². The summed E-state index contributed by atoms with van der Waals surface area (Å²) in [6.45, 7) is 4.19. The molecule has 2 saturated heterocycles. The zero-order chi connectivity index (χ0) is 39.7. The van der Waals surface area contributed by atoms with Gasteiger partial charge in [-0.25, -0.2) is 24.7 Å². The molecule has 0 aliphatic carbocycles. The summed E-state index contributed by atoms with van der Waals surface area (Å²) in [6.07, 6.45) is -0.937. The van der Waals surface area contributed by atoms with Gasteiger partial charge in [-0.05, 0) is 43.0 Å². The Morgan fingerprint density at radius 2 is 1.53 bits per heavy atom. The Morgan fingerprint density at radius 1 is 0.842 bits per heavy atom. The minimum absolute atomic E-state index is 0.0126. The second-order valence-electron chi connectivity index (χ2n) is 13.9. The Bertz CT molecular complexity index is 2080. The first-order chi connectivity index (χ1) is 27.8. The minimum atomic E-state index is -1.53. The van der Waals surface area contributed by atoms with E-state index < -0.39 is 36.4 Å². The normalized spacial score (nSPS) is 19.7. The molecule has 2 aromatic carbocycles. The third-order valence-electron chi connectivity index (χ3n) is 10.1. The van der Waals surface area contributed by atoms with E-state index in [-0.39, 0.29) is 53.9 Å². The molecule has 5 heterocycles. The van der Waals surface area contributed by atoms with Crippen molar-refractivity contribution in [3.8, 4) is 0 Å². The van der Waals surface area contributed by atoms with E-state index >= 15 is 0 Å². The molecule has 17 nitrogen and oxygen atoms in total. The lowest BCUT2D eigenvalue weighted by Crippen LogP contribution is -2.49. The number of aliphatic hydroxyl groups is 2. The Kier molecular flexibility index (Phi) is 12.5. The van der Waals surface area contributed by atoms with Crippen LogP contribution >= 0.6 is 0 Å². The van der Waals surface area contributed by atoms with Crippen LogP contribution in [0.3, 0.4) is 0 Å². The number of hydrogen-bond acceptors (Lipinski definition) is 12. The molecule has 0 spiro atoms. The maximum atomic E-state index is 13.6. The number of ether oxygens (including phenoxy) is 1. The fourth-order valence-corrected chi connectivity index (χ4v) is 7.17. The summed E-state index contributed by atoms with van der Waals surface area (Å²) in [5.41, 5.74) is 2.53. The number of amides is 4. The Labute approximate surface area is 329 Å². The molecule has 298 valence electrons. The van der Waals surface area contributed by atoms with E-state index in [2.05, 4.69) is 51.4 Å². The van der Waals surface area contributed by atoms with Crippen LogP contribution in [0.2, 0.25) is 0 Å². The molecule has 57 heavy (non-hydrogen) atoms. The summed E-state index contributed by atoms with van der Waals surface area (Å²) in [5.74, 6) is -0.332. The van der Waals surface area contributed by atoms with Crippen molar-refractivity contribution in [1.29, 1.82) is 0 Å². The number of piperidine rings is 1. The summed E-state index contributed by atoms with van der Waals surface area (Å²) in [6, 6.07) is 25.4. The summed E-state index contributed by atoms with van der Waals surface area (Å²) in [4.78, 5) is 59.2. The van der Waals surface area contributed by atoms with Crippen LogP contribution in [0, 0.1) is 0 Å². The number of aliphatic hydroxyl groups excluding tert-OH is 2. The number of pyridine rings is 1. The van der Waals surface area contributed by atoms with Crippen LogP contribution in [0.25, 0.3) is 11.2 Å². The number of nitrogens with one attached hydrogen (secondary N) is 5. The predicted octanol–water partition coefficient (Wildman–Crippen LogP) is 1.92. The monoisotopic (exact) mass is 777 g/mol. The van der Waals surface area contributed by atoms with Crippen molar-refractivity contribution in [3.63, 3.8) is 0 Å². The molecule has 5 aromatic rings. The van der Waals surface area contributed by atoms with Gasteiger partial charge in [0.15, 0.2) is 29.3 Å². The molecule has 7 rings (SSSR count). The molecule has 0 saturated carbocycles. The molecule has 17 heteroatoms. The van der Waals surface area contributed by atoms with Gasteiger partial charge in [0.25, 0.3) is 11.8 Å². The number of aromatic nitrogens is 5. The van der Waals surface area contributed by atoms with Gasteiger partial charge in [-0.15, -0.1) is 0 Å². The van der Waals surface area contributed by atoms with E-state index in [1.165, 1.54) is 10.9 Å². The predicted molar refractivity (Wildman–Crippen MR) is 211 cm³/mol. The molecule has 2 fully saturated rings. The third kappa shape index (κ3) is 9.12. The highest BCUT2D eigenvalue weighted by molar-refractivity contribution is 5.94. The second kappa shape index (κ2) is 18.2. The SMILES string of the molecule is CCNC(=O)[C@H]1O[C@H](n2cnc3c(NCC(c4ccccc4)c4ccccc4)nc(C(=O)NCCNC(=O)NC4CCN(c5ccccn5)CC4)nc32)[C@H](O)[C@@H]1O. The zero-order valence-electron chi connectivity index (χ0n) is 31.5. The maximum Gasteiger partial charge on any atom is 0.315 e. The van der Waals surface area contributed by atoms with Crippen molar-refractivity contribution >= 4 is 40.6 Å². The highest BCUT2D eigenvalue weighted by Gasteiger charge is 2.47. The number of rotatable bonds is 14. The zero-order valence-corrected chi connectivity index (χ0v) is 31.5. The van der Waals surface area contributed by atoms with Crippen LogP contribution < -0.4 is 31.5 Å². The highest BCUT2D eigenvalue weighted by Crippen LogP contribution is 2.33. The van der Waals surface area contributed by atoms with Gasteiger partial charge < -0.3 is 46.4 Å². The van der Waals surface area contributed by atoms with Crippen LogP contribution in [-0.4, -0.2) is 116 Å². The van der Waals surface area contributed by atoms with Crippen LogP contribution in [0.15, 0.2) is 91.4 Å². The molecule has 0 bridgehead atoms. The second-order valence-corrected chi connectivity index (χ2v) is 13.9. The Hall–Kier alpha value is -6.17. The molecule has 2 aliphatic rings. The molecule has 4 amide bonds. The number of carbonyl (C=O) groups excluding carboxylic acids is 3. The van der Waals surface area contributed by atoms with E-state index in [9.17, 15) is 24.6 Å². The van der Waals surface area contributed by atoms with Gasteiger partial charge in [0, 0.05) is 57.4 Å². The molecular formula is C40H47N11O6. The number of carbonyl (C=O) groups is 3. The summed E-state index contributed by atoms with van der Waals surface area (Å²) in [5, 5.41) is 36.3. The lowest BCUT2D eigenvalue weighted by Gasteiger charge is -2.33. The van der Waals surface area contributed by atoms with E-state index in [1.807, 2.05) is 78.9 Å². The number of hydrogen-bond donors (Lipinski definition) is 7. The van der Waals surface area contributed by atoms with Crippen molar-refractivity contribution < 1.29 is 29.3 Å². The molecule has 0 radical (unpaired) electrons. The third-order valence-corrected chi connectivity index (χ3v) is 10.1. The molecular weight excluding hydrogens is 731 g/mol. The van der Waals surface area contributed by atoms with E-state index in [0.717, 1.165) is 42.9 Å². The van der Waals surface area contributed by atoms with Crippen LogP contribution in [0.5, 0.6) is 0 Å². The van der Waals surface area contributed by atoms with Crippen molar-refractivity contribution in [2.24, 2.45) is 0 Å². The van der Waals surface area contributed by atoms with Gasteiger partial charge in [-0.3, -0.25) is 14.2 Å². The van der Waals surface area contributed by atoms with E-state index in [0.29, 0.717) is 13.1 Å². The lowest BCUT2D eigenvalue weighted by molar-refractivity contribution is -0.137. The molecule has 2 aliphatic heterocycles. The molecule has 7 N–H and O–H groups in total. The number of fused-ring (bicyclic) bond motifs is 1. The standard InChI is InChI=1S/C40H47N11O6/c1-2-41-37(54)33-31(52)32(53)39(57-33)51-24-46-30-34(45-23-28(25-11-5-3-6-12-25)26-13-7-4-8-14-26)48-35(49-36(30)51)38(55)43-19-20-44-40(56)47-27-16-21-50(22-17-27)29-15-9-10-18-42-29/h3-15,18,24,27-28,31-33,39,52-53H,2,16-17,19-23H2,1H3,(H,41,54)(H,43,55)(H2,44,47,56)(H,45,48,49)/t31-,32+,33-,39-/m0/s1. The van der Waals surface area contributed by atoms with Gasteiger partial charge in [-0.1, -0.05) is 66.7 Å². The van der Waals surface area contributed by atoms with Gasteiger partial charge in [0.1, 0.15) is 18.0 Å². The highest BCUT2D eigenvalue weighted by atomic mass is 16.6. The largest absolute Gasteiger partial charge is 0.387 e. The Morgan fingerprint density at radius 3 is 2.19 bits per heavy atom. The number of anilines is 2. The lowest BCUT2D eigenvalue weighted by atomic mass is 9.91.